The normalized spacial score (nSPS) is 11.7. The summed E-state index contributed by atoms with van der Waals surface area (Å²) in [5, 5.41) is 5.89. The Morgan fingerprint density at radius 3 is 2.63 bits per heavy atom. The number of ether oxygens (including phenoxy) is 2. The number of nitrogens with zero attached hydrogens (tertiary/aromatic N) is 3. The molecule has 5 rings (SSSR count). The molecule has 2 aromatic heterocycles. The minimum atomic E-state index is -0.298. The smallest absolute Gasteiger partial charge is 0.282 e. The quantitative estimate of drug-likeness (QED) is 0.242. The average molecular weight is 532 g/mol. The highest BCUT2D eigenvalue weighted by molar-refractivity contribution is 9.10. The highest BCUT2D eigenvalue weighted by atomic mass is 79.9. The summed E-state index contributed by atoms with van der Waals surface area (Å²) in [5.74, 6) is 1.92. The molecule has 176 valence electrons. The Kier molecular flexibility index (Phi) is 6.13. The monoisotopic (exact) mass is 531 g/mol. The summed E-state index contributed by atoms with van der Waals surface area (Å²) >= 11 is 3.55. The van der Waals surface area contributed by atoms with Crippen LogP contribution in [0.3, 0.4) is 0 Å². The summed E-state index contributed by atoms with van der Waals surface area (Å²) in [6.45, 7) is 3.89. The molecule has 0 fully saturated rings. The van der Waals surface area contributed by atoms with Crippen molar-refractivity contribution in [1.29, 1.82) is 0 Å². The third-order valence-corrected chi connectivity index (χ3v) is 5.92. The molecule has 0 aliphatic rings. The van der Waals surface area contributed by atoms with E-state index in [4.69, 9.17) is 18.9 Å². The van der Waals surface area contributed by atoms with Crippen molar-refractivity contribution in [3.05, 3.63) is 87.1 Å². The Morgan fingerprint density at radius 2 is 1.86 bits per heavy atom. The van der Waals surface area contributed by atoms with E-state index in [0.717, 1.165) is 5.39 Å². The third kappa shape index (κ3) is 4.44. The van der Waals surface area contributed by atoms with Gasteiger partial charge in [-0.15, -0.1) is 0 Å². The molecule has 0 unspecified atom stereocenters. The Balaban J connectivity index is 1.66. The van der Waals surface area contributed by atoms with Gasteiger partial charge < -0.3 is 13.9 Å². The fraction of sp³-hybridized carbons (Fsp3) is 0.148. The molecule has 0 spiro atoms. The first kappa shape index (κ1) is 22.9. The van der Waals surface area contributed by atoms with Crippen LogP contribution < -0.4 is 15.0 Å². The van der Waals surface area contributed by atoms with E-state index in [9.17, 15) is 4.79 Å². The number of benzene rings is 3. The molecule has 7 nitrogen and oxygen atoms in total. The molecule has 0 radical (unpaired) electrons. The van der Waals surface area contributed by atoms with Gasteiger partial charge in [-0.2, -0.15) is 9.78 Å². The fourth-order valence-corrected chi connectivity index (χ4v) is 4.32. The number of furan rings is 1. The van der Waals surface area contributed by atoms with Gasteiger partial charge in [-0.25, -0.2) is 4.98 Å². The van der Waals surface area contributed by atoms with E-state index < -0.39 is 0 Å². The first-order valence-electron chi connectivity index (χ1n) is 11.0. The molecule has 0 aliphatic carbocycles. The van der Waals surface area contributed by atoms with E-state index in [-0.39, 0.29) is 11.7 Å². The molecular weight excluding hydrogens is 510 g/mol. The Bertz CT molecular complexity index is 1600. The number of hydrogen-bond acceptors (Lipinski definition) is 6. The molecule has 2 heterocycles. The molecule has 0 amide bonds. The van der Waals surface area contributed by atoms with Gasteiger partial charge in [0.25, 0.3) is 5.56 Å². The van der Waals surface area contributed by atoms with Gasteiger partial charge in [0.15, 0.2) is 17.3 Å². The lowest BCUT2D eigenvalue weighted by Gasteiger charge is -2.15. The number of methoxy groups -OCH3 is 1. The lowest BCUT2D eigenvalue weighted by atomic mass is 10.2. The number of rotatable bonds is 6. The summed E-state index contributed by atoms with van der Waals surface area (Å²) in [6.07, 6.45) is 1.56. The van der Waals surface area contributed by atoms with E-state index >= 15 is 0 Å². The van der Waals surface area contributed by atoms with Crippen molar-refractivity contribution in [3.8, 4) is 23.1 Å². The van der Waals surface area contributed by atoms with Crippen molar-refractivity contribution in [3.63, 3.8) is 0 Å². The van der Waals surface area contributed by atoms with Crippen molar-refractivity contribution in [2.45, 2.75) is 20.0 Å². The van der Waals surface area contributed by atoms with Crippen LogP contribution in [0.1, 0.15) is 19.4 Å². The van der Waals surface area contributed by atoms with Crippen LogP contribution >= 0.6 is 15.9 Å². The van der Waals surface area contributed by atoms with Gasteiger partial charge in [0.2, 0.25) is 5.82 Å². The van der Waals surface area contributed by atoms with Crippen LogP contribution in [0, 0.1) is 0 Å². The lowest BCUT2D eigenvalue weighted by molar-refractivity contribution is 0.228. The molecule has 0 saturated carbocycles. The lowest BCUT2D eigenvalue weighted by Crippen LogP contribution is -2.20. The molecule has 0 saturated heterocycles. The first-order chi connectivity index (χ1) is 16.9. The molecular formula is C27H22BrN3O4. The second-order valence-electron chi connectivity index (χ2n) is 8.16. The molecule has 35 heavy (non-hydrogen) atoms. The third-order valence-electron chi connectivity index (χ3n) is 5.33. The van der Waals surface area contributed by atoms with Crippen molar-refractivity contribution >= 4 is 44.0 Å². The van der Waals surface area contributed by atoms with Crippen LogP contribution in [-0.4, -0.2) is 29.1 Å². The molecule has 8 heteroatoms. The topological polar surface area (TPSA) is 78.9 Å². The highest BCUT2D eigenvalue weighted by Gasteiger charge is 2.17. The van der Waals surface area contributed by atoms with E-state index in [1.807, 2.05) is 56.3 Å². The van der Waals surface area contributed by atoms with Crippen LogP contribution in [0.25, 0.3) is 33.5 Å². The summed E-state index contributed by atoms with van der Waals surface area (Å²) in [5.41, 5.74) is 1.68. The summed E-state index contributed by atoms with van der Waals surface area (Å²) < 4.78 is 19.4. The fourth-order valence-electron chi connectivity index (χ4n) is 3.77. The van der Waals surface area contributed by atoms with E-state index in [0.29, 0.717) is 49.6 Å². The predicted molar refractivity (Wildman–Crippen MR) is 141 cm³/mol. The zero-order valence-electron chi connectivity index (χ0n) is 19.4. The zero-order valence-corrected chi connectivity index (χ0v) is 20.9. The second-order valence-corrected chi connectivity index (χ2v) is 9.02. The summed E-state index contributed by atoms with van der Waals surface area (Å²) in [6, 6.07) is 20.3. The Labute approximate surface area is 209 Å². The van der Waals surface area contributed by atoms with Crippen LogP contribution in [0.5, 0.6) is 11.5 Å². The number of para-hydroxylation sites is 2. The van der Waals surface area contributed by atoms with Gasteiger partial charge in [0.05, 0.1) is 34.8 Å². The average Bonchev–Trinajstić information content (AvgIpc) is 3.28. The molecule has 3 aromatic carbocycles. The van der Waals surface area contributed by atoms with Gasteiger partial charge in [-0.1, -0.05) is 30.3 Å². The van der Waals surface area contributed by atoms with Crippen molar-refractivity contribution < 1.29 is 13.9 Å². The van der Waals surface area contributed by atoms with Gasteiger partial charge in [-0.05, 0) is 71.7 Å². The number of halogens is 1. The summed E-state index contributed by atoms with van der Waals surface area (Å²) in [4.78, 5) is 18.2. The maximum Gasteiger partial charge on any atom is 0.282 e. The first-order valence-corrected chi connectivity index (χ1v) is 11.8. The highest BCUT2D eigenvalue weighted by Crippen LogP contribution is 2.37. The minimum absolute atomic E-state index is 0.0201. The van der Waals surface area contributed by atoms with Crippen molar-refractivity contribution in [1.82, 2.24) is 9.66 Å². The van der Waals surface area contributed by atoms with E-state index in [1.165, 1.54) is 4.68 Å². The predicted octanol–water partition coefficient (Wildman–Crippen LogP) is 6.25. The van der Waals surface area contributed by atoms with E-state index in [1.54, 1.807) is 37.6 Å². The Hall–Kier alpha value is -3.91. The molecule has 0 N–H and O–H groups in total. The largest absolute Gasteiger partial charge is 0.493 e. The number of aromatic nitrogens is 2. The van der Waals surface area contributed by atoms with Crippen LogP contribution in [-0.2, 0) is 0 Å². The maximum atomic E-state index is 13.4. The standard InChI is InChI=1S/C27H22BrN3O4/c1-16(2)34-25-20(28)12-17(13-23(25)33-3)15-29-31-26(24-14-18-8-4-7-11-22(18)35-24)30-21-10-6-5-9-19(21)27(31)32/h4-16H,1-3H3. The minimum Gasteiger partial charge on any atom is -0.493 e. The Morgan fingerprint density at radius 1 is 1.09 bits per heavy atom. The number of fused-ring (bicyclic) bond motifs is 2. The van der Waals surface area contributed by atoms with Crippen LogP contribution in [0.2, 0.25) is 0 Å². The molecule has 0 atom stereocenters. The van der Waals surface area contributed by atoms with Gasteiger partial charge in [0, 0.05) is 5.39 Å². The van der Waals surface area contributed by atoms with Crippen LogP contribution in [0.15, 0.2) is 85.5 Å². The SMILES string of the molecule is COc1cc(C=Nn2c(-c3cc4ccccc4o3)nc3ccccc3c2=O)cc(Br)c1OC(C)C. The molecule has 5 aromatic rings. The number of hydrogen-bond donors (Lipinski definition) is 0. The maximum absolute atomic E-state index is 13.4. The van der Waals surface area contributed by atoms with Gasteiger partial charge >= 0.3 is 0 Å². The van der Waals surface area contributed by atoms with Crippen molar-refractivity contribution in [2.75, 3.05) is 7.11 Å². The second kappa shape index (κ2) is 9.38. The summed E-state index contributed by atoms with van der Waals surface area (Å²) in [7, 11) is 1.58. The van der Waals surface area contributed by atoms with Gasteiger partial charge in [-0.3, -0.25) is 4.79 Å². The molecule has 0 bridgehead atoms. The molecule has 0 aliphatic heterocycles. The van der Waals surface area contributed by atoms with Crippen LogP contribution in [0.4, 0.5) is 0 Å². The van der Waals surface area contributed by atoms with Crippen molar-refractivity contribution in [2.24, 2.45) is 5.10 Å². The van der Waals surface area contributed by atoms with E-state index in [2.05, 4.69) is 21.0 Å². The zero-order chi connectivity index (χ0) is 24.5. The van der Waals surface area contributed by atoms with Gasteiger partial charge in [0.1, 0.15) is 5.58 Å².